The van der Waals surface area contributed by atoms with Crippen molar-refractivity contribution in [2.24, 2.45) is 0 Å². The van der Waals surface area contributed by atoms with Gasteiger partial charge in [0.05, 0.1) is 12.7 Å². The smallest absolute Gasteiger partial charge is 0.337 e. The molecule has 2 aromatic carbocycles. The molecule has 0 fully saturated rings. The highest BCUT2D eigenvalue weighted by atomic mass is 32.2. The van der Waals surface area contributed by atoms with Crippen LogP contribution in [0.1, 0.15) is 21.5 Å². The molecule has 0 spiro atoms. The van der Waals surface area contributed by atoms with E-state index in [1.165, 1.54) is 18.2 Å². The number of carbonyl (C=O) groups excluding carboxylic acids is 1. The molecular formula is C16H17NO2S. The maximum absolute atomic E-state index is 11.5. The van der Waals surface area contributed by atoms with Crippen LogP contribution in [-0.4, -0.2) is 13.1 Å². The van der Waals surface area contributed by atoms with Crippen molar-refractivity contribution in [3.8, 4) is 0 Å². The van der Waals surface area contributed by atoms with Crippen LogP contribution in [-0.2, 0) is 10.5 Å². The van der Waals surface area contributed by atoms with Crippen molar-refractivity contribution >= 4 is 23.4 Å². The first-order valence-corrected chi connectivity index (χ1v) is 7.25. The van der Waals surface area contributed by atoms with E-state index in [-0.39, 0.29) is 5.97 Å². The molecular weight excluding hydrogens is 270 g/mol. The standard InChI is InChI=1S/C16H17NO2S/c1-11-4-3-5-12(8-11)10-20-15-9-13(16(18)19-2)6-7-14(15)17/h3-9H,10,17H2,1-2H3. The molecule has 104 valence electrons. The first-order chi connectivity index (χ1) is 9.60. The average Bonchev–Trinajstić information content (AvgIpc) is 2.45. The van der Waals surface area contributed by atoms with Gasteiger partial charge in [0.15, 0.2) is 0 Å². The summed E-state index contributed by atoms with van der Waals surface area (Å²) in [5.74, 6) is 0.471. The molecule has 0 saturated heterocycles. The summed E-state index contributed by atoms with van der Waals surface area (Å²) in [5.41, 5.74) is 9.62. The number of nitrogens with two attached hydrogens (primary N) is 1. The van der Waals surface area contributed by atoms with Crippen LogP contribution in [0.15, 0.2) is 47.4 Å². The Kier molecular flexibility index (Phi) is 4.69. The Bertz CT molecular complexity index is 626. The third-order valence-electron chi connectivity index (χ3n) is 2.91. The van der Waals surface area contributed by atoms with E-state index in [0.717, 1.165) is 10.6 Å². The van der Waals surface area contributed by atoms with Crippen LogP contribution in [0.5, 0.6) is 0 Å². The first kappa shape index (κ1) is 14.5. The predicted molar refractivity (Wildman–Crippen MR) is 82.9 cm³/mol. The Morgan fingerprint density at radius 3 is 2.75 bits per heavy atom. The van der Waals surface area contributed by atoms with Gasteiger partial charge in [0.25, 0.3) is 0 Å². The lowest BCUT2D eigenvalue weighted by atomic mass is 10.2. The monoisotopic (exact) mass is 287 g/mol. The molecule has 0 radical (unpaired) electrons. The Labute approximate surface area is 123 Å². The van der Waals surface area contributed by atoms with Crippen molar-refractivity contribution in [2.75, 3.05) is 12.8 Å². The third-order valence-corrected chi connectivity index (χ3v) is 4.05. The van der Waals surface area contributed by atoms with E-state index in [1.807, 2.05) is 6.07 Å². The number of benzene rings is 2. The van der Waals surface area contributed by atoms with Gasteiger partial charge in [-0.05, 0) is 30.7 Å². The summed E-state index contributed by atoms with van der Waals surface area (Å²) in [4.78, 5) is 12.4. The fourth-order valence-electron chi connectivity index (χ4n) is 1.87. The SMILES string of the molecule is COC(=O)c1ccc(N)c(SCc2cccc(C)c2)c1. The van der Waals surface area contributed by atoms with Crippen LogP contribution in [0.25, 0.3) is 0 Å². The molecule has 2 aromatic rings. The van der Waals surface area contributed by atoms with E-state index in [2.05, 4.69) is 25.1 Å². The van der Waals surface area contributed by atoms with Gasteiger partial charge in [0.2, 0.25) is 0 Å². The lowest BCUT2D eigenvalue weighted by Gasteiger charge is -2.08. The molecule has 2 rings (SSSR count). The number of nitrogen functional groups attached to an aromatic ring is 1. The Balaban J connectivity index is 2.14. The third kappa shape index (κ3) is 3.54. The molecule has 0 aliphatic rings. The maximum atomic E-state index is 11.5. The minimum atomic E-state index is -0.345. The second-order valence-electron chi connectivity index (χ2n) is 4.52. The van der Waals surface area contributed by atoms with E-state index < -0.39 is 0 Å². The Hall–Kier alpha value is -1.94. The quantitative estimate of drug-likeness (QED) is 0.530. The molecule has 2 N–H and O–H groups in total. The number of aryl methyl sites for hydroxylation is 1. The lowest BCUT2D eigenvalue weighted by molar-refractivity contribution is 0.0600. The van der Waals surface area contributed by atoms with E-state index in [1.54, 1.807) is 30.0 Å². The van der Waals surface area contributed by atoms with Crippen LogP contribution in [0.4, 0.5) is 5.69 Å². The van der Waals surface area contributed by atoms with Gasteiger partial charge in [0.1, 0.15) is 0 Å². The van der Waals surface area contributed by atoms with Crippen LogP contribution < -0.4 is 5.73 Å². The van der Waals surface area contributed by atoms with Gasteiger partial charge in [-0.1, -0.05) is 29.8 Å². The highest BCUT2D eigenvalue weighted by molar-refractivity contribution is 7.98. The summed E-state index contributed by atoms with van der Waals surface area (Å²) in [7, 11) is 1.37. The molecule has 4 heteroatoms. The minimum absolute atomic E-state index is 0.345. The second kappa shape index (κ2) is 6.48. The van der Waals surface area contributed by atoms with Crippen molar-refractivity contribution in [3.63, 3.8) is 0 Å². The lowest BCUT2D eigenvalue weighted by Crippen LogP contribution is -2.02. The average molecular weight is 287 g/mol. The summed E-state index contributed by atoms with van der Waals surface area (Å²) >= 11 is 1.62. The summed E-state index contributed by atoms with van der Waals surface area (Å²) in [6.45, 7) is 2.07. The number of methoxy groups -OCH3 is 1. The van der Waals surface area contributed by atoms with Gasteiger partial charge in [0, 0.05) is 16.3 Å². The van der Waals surface area contributed by atoms with Gasteiger partial charge in [-0.2, -0.15) is 0 Å². The highest BCUT2D eigenvalue weighted by Crippen LogP contribution is 2.29. The zero-order chi connectivity index (χ0) is 14.5. The van der Waals surface area contributed by atoms with Gasteiger partial charge < -0.3 is 10.5 Å². The van der Waals surface area contributed by atoms with Crippen LogP contribution in [0, 0.1) is 6.92 Å². The molecule has 0 bridgehead atoms. The minimum Gasteiger partial charge on any atom is -0.465 e. The molecule has 0 saturated carbocycles. The topological polar surface area (TPSA) is 52.3 Å². The molecule has 0 aliphatic heterocycles. The van der Waals surface area contributed by atoms with Crippen molar-refractivity contribution in [1.82, 2.24) is 0 Å². The second-order valence-corrected chi connectivity index (χ2v) is 5.54. The molecule has 0 aliphatic carbocycles. The maximum Gasteiger partial charge on any atom is 0.337 e. The van der Waals surface area contributed by atoms with Gasteiger partial charge in [-0.25, -0.2) is 4.79 Å². The van der Waals surface area contributed by atoms with Crippen LogP contribution in [0.2, 0.25) is 0 Å². The normalized spacial score (nSPS) is 10.3. The zero-order valence-electron chi connectivity index (χ0n) is 11.6. The number of carbonyl (C=O) groups is 1. The van der Waals surface area contributed by atoms with E-state index in [9.17, 15) is 4.79 Å². The largest absolute Gasteiger partial charge is 0.465 e. The van der Waals surface area contributed by atoms with E-state index in [4.69, 9.17) is 10.5 Å². The molecule has 0 unspecified atom stereocenters. The highest BCUT2D eigenvalue weighted by Gasteiger charge is 2.09. The summed E-state index contributed by atoms with van der Waals surface area (Å²) in [5, 5.41) is 0. The van der Waals surface area contributed by atoms with Crippen molar-refractivity contribution in [3.05, 3.63) is 59.2 Å². The number of anilines is 1. The summed E-state index contributed by atoms with van der Waals surface area (Å²) in [6, 6.07) is 13.5. The molecule has 0 amide bonds. The van der Waals surface area contributed by atoms with E-state index >= 15 is 0 Å². The number of esters is 1. The number of ether oxygens (including phenoxy) is 1. The van der Waals surface area contributed by atoms with Gasteiger partial charge in [-0.3, -0.25) is 0 Å². The predicted octanol–water partition coefficient (Wildman–Crippen LogP) is 3.66. The van der Waals surface area contributed by atoms with Gasteiger partial charge in [-0.15, -0.1) is 11.8 Å². The molecule has 0 aromatic heterocycles. The molecule has 3 nitrogen and oxygen atoms in total. The number of rotatable bonds is 4. The number of hydrogen-bond acceptors (Lipinski definition) is 4. The summed E-state index contributed by atoms with van der Waals surface area (Å²) < 4.78 is 4.72. The molecule has 20 heavy (non-hydrogen) atoms. The molecule has 0 heterocycles. The molecule has 0 atom stereocenters. The first-order valence-electron chi connectivity index (χ1n) is 6.26. The Morgan fingerprint density at radius 2 is 2.05 bits per heavy atom. The summed E-state index contributed by atoms with van der Waals surface area (Å²) in [6.07, 6.45) is 0. The van der Waals surface area contributed by atoms with Crippen LogP contribution in [0.3, 0.4) is 0 Å². The fourth-order valence-corrected chi connectivity index (χ4v) is 2.81. The zero-order valence-corrected chi connectivity index (χ0v) is 12.4. The fraction of sp³-hybridized carbons (Fsp3) is 0.188. The number of hydrogen-bond donors (Lipinski definition) is 1. The van der Waals surface area contributed by atoms with Gasteiger partial charge >= 0.3 is 5.97 Å². The van der Waals surface area contributed by atoms with Crippen molar-refractivity contribution in [1.29, 1.82) is 0 Å². The van der Waals surface area contributed by atoms with Crippen molar-refractivity contribution < 1.29 is 9.53 Å². The van der Waals surface area contributed by atoms with Crippen LogP contribution >= 0.6 is 11.8 Å². The van der Waals surface area contributed by atoms with E-state index in [0.29, 0.717) is 11.3 Å². The Morgan fingerprint density at radius 1 is 1.25 bits per heavy atom. The van der Waals surface area contributed by atoms with Crippen molar-refractivity contribution in [2.45, 2.75) is 17.6 Å². The number of thioether (sulfide) groups is 1.